The number of likely N-dealkylation sites (tertiary alicyclic amines) is 1. The molecule has 0 aliphatic carbocycles. The molecule has 3 aromatic carbocycles. The molecule has 5 rings (SSSR count). The minimum atomic E-state index is -0.247. The topological polar surface area (TPSA) is 62.2 Å². The van der Waals surface area contributed by atoms with Crippen LogP contribution in [0.3, 0.4) is 0 Å². The molecular formula is C27H28FNO4S. The predicted octanol–water partition coefficient (Wildman–Crippen LogP) is 5.74. The lowest BCUT2D eigenvalue weighted by atomic mass is 10.00. The van der Waals surface area contributed by atoms with Gasteiger partial charge >= 0.3 is 0 Å². The zero-order valence-electron chi connectivity index (χ0n) is 18.8. The van der Waals surface area contributed by atoms with Crippen LogP contribution in [0.25, 0.3) is 0 Å². The van der Waals surface area contributed by atoms with Gasteiger partial charge in [-0.25, -0.2) is 0 Å². The van der Waals surface area contributed by atoms with Crippen LogP contribution in [0.4, 0.5) is 4.39 Å². The summed E-state index contributed by atoms with van der Waals surface area (Å²) in [6, 6.07) is 20.3. The molecule has 1 fully saturated rings. The van der Waals surface area contributed by atoms with Gasteiger partial charge in [-0.2, -0.15) is 0 Å². The first kappa shape index (κ1) is 22.9. The number of hydrogen-bond acceptors (Lipinski definition) is 6. The van der Waals surface area contributed by atoms with Crippen LogP contribution < -0.4 is 9.47 Å². The summed E-state index contributed by atoms with van der Waals surface area (Å²) in [7, 11) is 0. The van der Waals surface area contributed by atoms with Gasteiger partial charge in [0, 0.05) is 19.0 Å². The SMILES string of the molecule is Oc1ccc([C@H]2Sc3cc(O)ccc3O[C@H]2c2ccc(OCCN3CC[C@@H](CF)C3)cc2)cc1. The lowest BCUT2D eigenvalue weighted by Crippen LogP contribution is -2.26. The Balaban J connectivity index is 1.30. The second-order valence-corrected chi connectivity index (χ2v) is 10.0. The molecule has 5 nitrogen and oxygen atoms in total. The molecule has 2 aliphatic heterocycles. The molecule has 178 valence electrons. The molecule has 0 saturated carbocycles. The van der Waals surface area contributed by atoms with E-state index in [2.05, 4.69) is 4.90 Å². The standard InChI is InChI=1S/C27H28FNO4S/c28-16-18-11-12-29(17-18)13-14-32-23-8-3-19(4-9-23)26-27(20-1-5-21(30)6-2-20)34-25-15-22(31)7-10-24(25)33-26/h1-10,15,18,26-27,30-31H,11-14,16-17H2/t18-,26-,27+/m0/s1. The van der Waals surface area contributed by atoms with Gasteiger partial charge in [-0.1, -0.05) is 24.3 Å². The van der Waals surface area contributed by atoms with E-state index in [0.29, 0.717) is 6.61 Å². The highest BCUT2D eigenvalue weighted by Gasteiger charge is 2.33. The molecular weight excluding hydrogens is 453 g/mol. The van der Waals surface area contributed by atoms with E-state index in [9.17, 15) is 14.6 Å². The van der Waals surface area contributed by atoms with Crippen LogP contribution >= 0.6 is 11.8 Å². The molecule has 1 saturated heterocycles. The summed E-state index contributed by atoms with van der Waals surface area (Å²) in [5.74, 6) is 2.12. The molecule has 0 radical (unpaired) electrons. The van der Waals surface area contributed by atoms with Crippen molar-refractivity contribution in [2.45, 2.75) is 22.7 Å². The van der Waals surface area contributed by atoms with E-state index in [1.807, 2.05) is 36.4 Å². The second kappa shape index (κ2) is 10.2. The van der Waals surface area contributed by atoms with Crippen molar-refractivity contribution in [3.05, 3.63) is 77.9 Å². The molecule has 3 aromatic rings. The van der Waals surface area contributed by atoms with Crippen LogP contribution in [0.2, 0.25) is 0 Å². The third kappa shape index (κ3) is 5.10. The summed E-state index contributed by atoms with van der Waals surface area (Å²) in [5.41, 5.74) is 2.04. The Labute approximate surface area is 203 Å². The summed E-state index contributed by atoms with van der Waals surface area (Å²) < 4.78 is 25.2. The van der Waals surface area contributed by atoms with Crippen molar-refractivity contribution < 1.29 is 24.1 Å². The summed E-state index contributed by atoms with van der Waals surface area (Å²) in [6.45, 7) is 2.88. The Morgan fingerprint density at radius 2 is 1.71 bits per heavy atom. The highest BCUT2D eigenvalue weighted by atomic mass is 32.2. The Bertz CT molecular complexity index is 1110. The van der Waals surface area contributed by atoms with Gasteiger partial charge in [-0.15, -0.1) is 11.8 Å². The Morgan fingerprint density at radius 1 is 0.971 bits per heavy atom. The van der Waals surface area contributed by atoms with Gasteiger partial charge in [0.25, 0.3) is 0 Å². The number of phenols is 2. The van der Waals surface area contributed by atoms with Crippen molar-refractivity contribution in [3.63, 3.8) is 0 Å². The van der Waals surface area contributed by atoms with E-state index in [-0.39, 0.29) is 35.4 Å². The van der Waals surface area contributed by atoms with Crippen LogP contribution in [0.5, 0.6) is 23.0 Å². The van der Waals surface area contributed by atoms with Crippen molar-refractivity contribution in [2.75, 3.05) is 32.9 Å². The number of halogens is 1. The van der Waals surface area contributed by atoms with E-state index >= 15 is 0 Å². The van der Waals surface area contributed by atoms with Gasteiger partial charge < -0.3 is 19.7 Å². The molecule has 3 atom stereocenters. The van der Waals surface area contributed by atoms with Crippen molar-refractivity contribution in [1.29, 1.82) is 0 Å². The number of fused-ring (bicyclic) bond motifs is 1. The molecule has 7 heteroatoms. The number of thioether (sulfide) groups is 1. The maximum absolute atomic E-state index is 12.8. The van der Waals surface area contributed by atoms with E-state index in [1.54, 1.807) is 42.1 Å². The van der Waals surface area contributed by atoms with Gasteiger partial charge in [0.1, 0.15) is 35.7 Å². The number of alkyl halides is 1. The highest BCUT2D eigenvalue weighted by molar-refractivity contribution is 7.99. The summed E-state index contributed by atoms with van der Waals surface area (Å²) in [4.78, 5) is 3.13. The molecule has 0 bridgehead atoms. The van der Waals surface area contributed by atoms with Crippen LogP contribution in [0.15, 0.2) is 71.6 Å². The number of nitrogens with zero attached hydrogens (tertiary/aromatic N) is 1. The number of benzene rings is 3. The van der Waals surface area contributed by atoms with E-state index < -0.39 is 0 Å². The third-order valence-corrected chi connectivity index (χ3v) is 7.75. The second-order valence-electron chi connectivity index (χ2n) is 8.83. The Kier molecular flexibility index (Phi) is 6.83. The predicted molar refractivity (Wildman–Crippen MR) is 131 cm³/mol. The van der Waals surface area contributed by atoms with Crippen molar-refractivity contribution >= 4 is 11.8 Å². The highest BCUT2D eigenvalue weighted by Crippen LogP contribution is 2.54. The van der Waals surface area contributed by atoms with Gasteiger partial charge in [0.2, 0.25) is 0 Å². The molecule has 0 aromatic heterocycles. The average Bonchev–Trinajstić information content (AvgIpc) is 3.32. The fraction of sp³-hybridized carbons (Fsp3) is 0.333. The van der Waals surface area contributed by atoms with Crippen LogP contribution in [-0.4, -0.2) is 48.0 Å². The average molecular weight is 482 g/mol. The quantitative estimate of drug-likeness (QED) is 0.449. The van der Waals surface area contributed by atoms with Crippen LogP contribution in [0.1, 0.15) is 28.9 Å². The minimum absolute atomic E-state index is 0.0553. The normalized spacial score (nSPS) is 22.2. The number of ether oxygens (including phenoxy) is 2. The first-order valence-corrected chi connectivity index (χ1v) is 12.4. The Morgan fingerprint density at radius 3 is 2.44 bits per heavy atom. The zero-order valence-corrected chi connectivity index (χ0v) is 19.6. The largest absolute Gasteiger partial charge is 0.508 e. The summed E-state index contributed by atoms with van der Waals surface area (Å²) in [5, 5.41) is 19.6. The maximum atomic E-state index is 12.8. The van der Waals surface area contributed by atoms with Crippen LogP contribution in [-0.2, 0) is 0 Å². The molecule has 0 spiro atoms. The fourth-order valence-electron chi connectivity index (χ4n) is 4.52. The number of hydrogen-bond donors (Lipinski definition) is 2. The number of rotatable bonds is 7. The lowest BCUT2D eigenvalue weighted by Gasteiger charge is -2.34. The minimum Gasteiger partial charge on any atom is -0.508 e. The summed E-state index contributed by atoms with van der Waals surface area (Å²) in [6.07, 6.45) is 0.679. The monoisotopic (exact) mass is 481 g/mol. The van der Waals surface area contributed by atoms with E-state index in [0.717, 1.165) is 53.6 Å². The first-order valence-electron chi connectivity index (χ1n) is 11.6. The number of aromatic hydroxyl groups is 2. The smallest absolute Gasteiger partial charge is 0.140 e. The zero-order chi connectivity index (χ0) is 23.5. The lowest BCUT2D eigenvalue weighted by molar-refractivity contribution is 0.190. The number of phenolic OH excluding ortho intramolecular Hbond substituents is 2. The van der Waals surface area contributed by atoms with Gasteiger partial charge in [0.05, 0.1) is 16.8 Å². The molecule has 0 unspecified atom stereocenters. The van der Waals surface area contributed by atoms with Gasteiger partial charge in [0.15, 0.2) is 0 Å². The third-order valence-electron chi connectivity index (χ3n) is 6.40. The Hall–Kier alpha value is -2.90. The van der Waals surface area contributed by atoms with E-state index in [1.165, 1.54) is 0 Å². The fourth-order valence-corrected chi connectivity index (χ4v) is 5.85. The molecule has 0 amide bonds. The van der Waals surface area contributed by atoms with Crippen molar-refractivity contribution in [1.82, 2.24) is 4.90 Å². The van der Waals surface area contributed by atoms with Crippen molar-refractivity contribution in [2.24, 2.45) is 5.92 Å². The molecule has 2 aliphatic rings. The summed E-state index contributed by atoms with van der Waals surface area (Å²) >= 11 is 1.64. The molecule has 2 heterocycles. The van der Waals surface area contributed by atoms with E-state index in [4.69, 9.17) is 9.47 Å². The van der Waals surface area contributed by atoms with Crippen molar-refractivity contribution in [3.8, 4) is 23.0 Å². The maximum Gasteiger partial charge on any atom is 0.140 e. The molecule has 34 heavy (non-hydrogen) atoms. The van der Waals surface area contributed by atoms with Gasteiger partial charge in [-0.3, -0.25) is 9.29 Å². The first-order chi connectivity index (χ1) is 16.6. The van der Waals surface area contributed by atoms with Crippen LogP contribution in [0, 0.1) is 5.92 Å². The van der Waals surface area contributed by atoms with Gasteiger partial charge in [-0.05, 0) is 66.6 Å². The molecule has 2 N–H and O–H groups in total.